The number of urea groups is 1. The molecule has 6 heterocycles. The van der Waals surface area contributed by atoms with Crippen molar-refractivity contribution in [3.8, 4) is 11.4 Å². The van der Waals surface area contributed by atoms with E-state index >= 15 is 0 Å². The number of hydrogen-bond donors (Lipinski definition) is 2. The highest BCUT2D eigenvalue weighted by atomic mass is 19.1. The number of rotatable bonds is 6. The van der Waals surface area contributed by atoms with Gasteiger partial charge >= 0.3 is 6.03 Å². The number of fused-ring (bicyclic) bond motifs is 4. The SMILES string of the molecule is CN1CCN(C(=O)c2ccc(NC(=O)Nc3ccc(-c4nc(N5C6COCC5C(F)C6)nc(N5C6COCC5C(F)C6)n4)cc3)cc2)CC1. The molecule has 0 radical (unpaired) electrons. The molecule has 2 N–H and O–H groups in total. The van der Waals surface area contributed by atoms with E-state index in [1.807, 2.05) is 21.7 Å². The third-order valence-electron chi connectivity index (χ3n) is 10.2. The minimum Gasteiger partial charge on any atom is -0.377 e. The van der Waals surface area contributed by atoms with Gasteiger partial charge in [-0.15, -0.1) is 0 Å². The van der Waals surface area contributed by atoms with E-state index in [1.165, 1.54) is 0 Å². The van der Waals surface area contributed by atoms with Crippen LogP contribution in [0.1, 0.15) is 23.2 Å². The quantitative estimate of drug-likeness (QED) is 0.402. The second-order valence-electron chi connectivity index (χ2n) is 13.4. The largest absolute Gasteiger partial charge is 0.377 e. The van der Waals surface area contributed by atoms with Crippen LogP contribution in [0.5, 0.6) is 0 Å². The van der Waals surface area contributed by atoms with Crippen molar-refractivity contribution in [1.82, 2.24) is 24.8 Å². The fraction of sp³-hybridized carbons (Fsp3) is 0.500. The van der Waals surface area contributed by atoms with E-state index in [1.54, 1.807) is 48.5 Å². The third kappa shape index (κ3) is 6.26. The number of piperazine rings is 1. The van der Waals surface area contributed by atoms with Crippen molar-refractivity contribution in [2.24, 2.45) is 0 Å². The first-order valence-corrected chi connectivity index (χ1v) is 16.8. The van der Waals surface area contributed by atoms with Crippen LogP contribution in [-0.4, -0.2) is 133 Å². The lowest BCUT2D eigenvalue weighted by atomic mass is 10.1. The Morgan fingerprint density at radius 1 is 0.714 bits per heavy atom. The molecule has 2 aromatic carbocycles. The Labute approximate surface area is 282 Å². The Morgan fingerprint density at radius 3 is 1.73 bits per heavy atom. The molecular weight excluding hydrogens is 636 g/mol. The highest BCUT2D eigenvalue weighted by Gasteiger charge is 2.49. The Hall–Kier alpha value is -4.47. The third-order valence-corrected chi connectivity index (χ3v) is 10.2. The lowest BCUT2D eigenvalue weighted by Gasteiger charge is -2.37. The van der Waals surface area contributed by atoms with Crippen molar-refractivity contribution >= 4 is 35.2 Å². The van der Waals surface area contributed by atoms with Crippen LogP contribution in [0.4, 0.5) is 36.8 Å². The zero-order valence-electron chi connectivity index (χ0n) is 27.2. The normalized spacial score (nSPS) is 28.1. The van der Waals surface area contributed by atoms with Gasteiger partial charge in [0.25, 0.3) is 5.91 Å². The molecule has 6 unspecified atom stereocenters. The number of nitrogens with zero attached hydrogens (tertiary/aromatic N) is 7. The number of ether oxygens (including phenoxy) is 2. The van der Waals surface area contributed by atoms with Crippen molar-refractivity contribution in [3.63, 3.8) is 0 Å². The minimum absolute atomic E-state index is 0.0190. The smallest absolute Gasteiger partial charge is 0.323 e. The maximum absolute atomic E-state index is 15.0. The minimum atomic E-state index is -1.06. The molecule has 0 saturated carbocycles. The van der Waals surface area contributed by atoms with Crippen molar-refractivity contribution in [2.75, 3.05) is 80.1 Å². The van der Waals surface area contributed by atoms with Crippen LogP contribution in [0, 0.1) is 0 Å². The number of aromatic nitrogens is 3. The van der Waals surface area contributed by atoms with Crippen LogP contribution in [0.25, 0.3) is 11.4 Å². The van der Waals surface area contributed by atoms with Crippen LogP contribution >= 0.6 is 0 Å². The van der Waals surface area contributed by atoms with Gasteiger partial charge in [-0.25, -0.2) is 13.6 Å². The lowest BCUT2D eigenvalue weighted by molar-refractivity contribution is 0.0664. The summed E-state index contributed by atoms with van der Waals surface area (Å²) in [7, 11) is 2.04. The second kappa shape index (κ2) is 13.1. The summed E-state index contributed by atoms with van der Waals surface area (Å²) in [6.07, 6.45) is -1.47. The monoisotopic (exact) mass is 675 g/mol. The number of anilines is 4. The number of alkyl halides is 2. The zero-order valence-corrected chi connectivity index (χ0v) is 27.2. The molecule has 258 valence electrons. The number of carbonyl (C=O) groups is 2. The fourth-order valence-corrected chi connectivity index (χ4v) is 7.49. The van der Waals surface area contributed by atoms with Crippen LogP contribution in [-0.2, 0) is 9.47 Å². The maximum Gasteiger partial charge on any atom is 0.323 e. The molecule has 5 fully saturated rings. The van der Waals surface area contributed by atoms with Crippen molar-refractivity contribution in [1.29, 1.82) is 0 Å². The van der Waals surface area contributed by atoms with Gasteiger partial charge in [0.05, 0.1) is 50.6 Å². The Balaban J connectivity index is 0.980. The number of likely N-dealkylation sites (N-methyl/N-ethyl adjacent to an activating group) is 1. The highest BCUT2D eigenvalue weighted by Crippen LogP contribution is 2.38. The first kappa shape index (κ1) is 31.8. The van der Waals surface area contributed by atoms with Gasteiger partial charge in [0, 0.05) is 61.5 Å². The van der Waals surface area contributed by atoms with Gasteiger partial charge in [-0.05, 0) is 55.6 Å². The van der Waals surface area contributed by atoms with Crippen molar-refractivity contribution in [2.45, 2.75) is 49.4 Å². The van der Waals surface area contributed by atoms with E-state index < -0.39 is 30.5 Å². The van der Waals surface area contributed by atoms with E-state index in [4.69, 9.17) is 24.4 Å². The predicted molar refractivity (Wildman–Crippen MR) is 179 cm³/mol. The zero-order chi connectivity index (χ0) is 33.6. The van der Waals surface area contributed by atoms with Gasteiger partial charge in [-0.1, -0.05) is 0 Å². The number of morpholine rings is 2. The first-order valence-electron chi connectivity index (χ1n) is 16.8. The molecule has 0 spiro atoms. The number of benzene rings is 2. The number of carbonyl (C=O) groups excluding carboxylic acids is 2. The van der Waals surface area contributed by atoms with E-state index in [0.29, 0.717) is 79.4 Å². The second-order valence-corrected chi connectivity index (χ2v) is 13.4. The molecule has 15 heteroatoms. The summed E-state index contributed by atoms with van der Waals surface area (Å²) >= 11 is 0. The van der Waals surface area contributed by atoms with E-state index in [9.17, 15) is 18.4 Å². The number of hydrogen-bond acceptors (Lipinski definition) is 10. The summed E-state index contributed by atoms with van der Waals surface area (Å²) in [6, 6.07) is 12.0. The maximum atomic E-state index is 15.0. The summed E-state index contributed by atoms with van der Waals surface area (Å²) in [4.78, 5) is 47.9. The van der Waals surface area contributed by atoms with Gasteiger partial charge in [-0.3, -0.25) is 4.79 Å². The summed E-state index contributed by atoms with van der Waals surface area (Å²) in [6.45, 7) is 4.31. The van der Waals surface area contributed by atoms with Crippen LogP contribution in [0.15, 0.2) is 48.5 Å². The Kier molecular flexibility index (Phi) is 8.49. The fourth-order valence-electron chi connectivity index (χ4n) is 7.49. The molecule has 5 aliphatic heterocycles. The predicted octanol–water partition coefficient (Wildman–Crippen LogP) is 3.20. The van der Waals surface area contributed by atoms with Gasteiger partial charge in [-0.2, -0.15) is 15.0 Å². The van der Waals surface area contributed by atoms with Gasteiger partial charge in [0.15, 0.2) is 5.82 Å². The summed E-state index contributed by atoms with van der Waals surface area (Å²) < 4.78 is 41.2. The van der Waals surface area contributed by atoms with E-state index in [0.717, 1.165) is 13.1 Å². The standard InChI is InChI=1S/C34H39F2N9O4/c1-42-10-12-43(13-11-42)31(46)21-4-8-23(9-5-21)38-34(47)37-22-6-2-20(3-7-22)30-39-32(44-24-14-26(35)28(44)18-48-16-24)41-33(40-30)45-25-15-27(36)29(45)19-49-17-25/h2-9,24-29H,10-19H2,1H3,(H2,37,38,47). The van der Waals surface area contributed by atoms with Gasteiger partial charge in [0.2, 0.25) is 11.9 Å². The lowest BCUT2D eigenvalue weighted by Crippen LogP contribution is -2.50. The topological polar surface area (TPSA) is 128 Å². The molecule has 8 rings (SSSR count). The molecule has 3 aromatic rings. The highest BCUT2D eigenvalue weighted by molar-refractivity contribution is 6.00. The molecule has 5 saturated heterocycles. The Bertz CT molecular complexity index is 1640. The number of halogens is 2. The van der Waals surface area contributed by atoms with E-state index in [2.05, 4.69) is 15.5 Å². The number of amides is 3. The molecule has 6 atom stereocenters. The molecule has 1 aromatic heterocycles. The van der Waals surface area contributed by atoms with Gasteiger partial charge in [0.1, 0.15) is 12.3 Å². The first-order chi connectivity index (χ1) is 23.8. The number of nitrogens with one attached hydrogen (secondary N) is 2. The molecule has 5 aliphatic rings. The van der Waals surface area contributed by atoms with Crippen LogP contribution in [0.3, 0.4) is 0 Å². The van der Waals surface area contributed by atoms with Crippen LogP contribution < -0.4 is 20.4 Å². The average molecular weight is 676 g/mol. The van der Waals surface area contributed by atoms with Gasteiger partial charge < -0.3 is 39.7 Å². The molecule has 0 aliphatic carbocycles. The average Bonchev–Trinajstić information content (AvgIpc) is 3.42. The molecule has 49 heavy (non-hydrogen) atoms. The van der Waals surface area contributed by atoms with Crippen molar-refractivity contribution in [3.05, 3.63) is 54.1 Å². The molecular formula is C34H39F2N9O4. The van der Waals surface area contributed by atoms with Crippen LogP contribution in [0.2, 0.25) is 0 Å². The molecule has 3 amide bonds. The summed E-state index contributed by atoms with van der Waals surface area (Å²) in [5.41, 5.74) is 2.32. The molecule has 4 bridgehead atoms. The molecule has 13 nitrogen and oxygen atoms in total. The summed E-state index contributed by atoms with van der Waals surface area (Å²) in [5, 5.41) is 5.63. The van der Waals surface area contributed by atoms with E-state index in [-0.39, 0.29) is 31.2 Å². The summed E-state index contributed by atoms with van der Waals surface area (Å²) in [5.74, 6) is 1.04. The Morgan fingerprint density at radius 2 is 1.22 bits per heavy atom. The van der Waals surface area contributed by atoms with Crippen molar-refractivity contribution < 1.29 is 27.8 Å².